The number of nitrogens with zero attached hydrogens (tertiary/aromatic N) is 1. The molecule has 2 bridgehead atoms. The van der Waals surface area contributed by atoms with Crippen LogP contribution in [0.15, 0.2) is 36.9 Å². The highest BCUT2D eigenvalue weighted by atomic mass is 32.2. The lowest BCUT2D eigenvalue weighted by atomic mass is 9.44. The molecule has 2 aromatic rings. The Balaban J connectivity index is 1.11. The van der Waals surface area contributed by atoms with Gasteiger partial charge in [-0.15, -0.1) is 18.3 Å². The van der Waals surface area contributed by atoms with Crippen molar-refractivity contribution in [3.63, 3.8) is 0 Å². The van der Waals surface area contributed by atoms with Crippen molar-refractivity contribution in [1.82, 2.24) is 15.3 Å². The summed E-state index contributed by atoms with van der Waals surface area (Å²) in [6.45, 7) is 13.4. The molecule has 3 N–H and O–H groups in total. The van der Waals surface area contributed by atoms with Crippen LogP contribution in [0.25, 0.3) is 11.0 Å². The van der Waals surface area contributed by atoms with Crippen LogP contribution in [-0.4, -0.2) is 56.1 Å². The van der Waals surface area contributed by atoms with Crippen LogP contribution in [0.4, 0.5) is 0 Å². The number of carbonyl (C=O) groups is 2. The molecule has 0 saturated heterocycles. The third-order valence-electron chi connectivity index (χ3n) is 12.4. The number of hydrogen-bond donors (Lipinski definition) is 3. The molecule has 1 aromatic heterocycles. The number of para-hydroxylation sites is 2. The number of ketones is 1. The lowest BCUT2D eigenvalue weighted by molar-refractivity contribution is -0.205. The van der Waals surface area contributed by atoms with Crippen LogP contribution >= 0.6 is 11.8 Å². The van der Waals surface area contributed by atoms with Crippen LogP contribution in [0.5, 0.6) is 0 Å². The summed E-state index contributed by atoms with van der Waals surface area (Å²) in [6.07, 6.45) is 7.68. The van der Waals surface area contributed by atoms with Crippen molar-refractivity contribution >= 4 is 34.5 Å². The van der Waals surface area contributed by atoms with Gasteiger partial charge in [0.1, 0.15) is 17.7 Å². The Morgan fingerprint density at radius 1 is 1.23 bits per heavy atom. The van der Waals surface area contributed by atoms with Crippen molar-refractivity contribution in [1.29, 1.82) is 0 Å². The van der Waals surface area contributed by atoms with E-state index in [2.05, 4.69) is 42.6 Å². The van der Waals surface area contributed by atoms with E-state index in [1.807, 2.05) is 37.3 Å². The summed E-state index contributed by atoms with van der Waals surface area (Å²) in [6, 6.07) is 8.47. The second kappa shape index (κ2) is 11.6. The van der Waals surface area contributed by atoms with E-state index in [0.29, 0.717) is 36.4 Å². The maximum Gasteiger partial charge on any atom is 0.316 e. The first-order valence-electron chi connectivity index (χ1n) is 16.3. The highest BCUT2D eigenvalue weighted by Crippen LogP contribution is 2.68. The zero-order chi connectivity index (χ0) is 30.6. The maximum absolute atomic E-state index is 13.6. The van der Waals surface area contributed by atoms with Crippen LogP contribution in [0.2, 0.25) is 0 Å². The molecule has 1 heterocycles. The molecule has 234 valence electrons. The number of aliphatic hydroxyl groups excluding tert-OH is 1. The van der Waals surface area contributed by atoms with Gasteiger partial charge in [0, 0.05) is 34.5 Å². The van der Waals surface area contributed by atoms with Gasteiger partial charge in [0.05, 0.1) is 29.4 Å². The summed E-state index contributed by atoms with van der Waals surface area (Å²) in [4.78, 5) is 35.2. The molecule has 4 aliphatic rings. The van der Waals surface area contributed by atoms with Crippen molar-refractivity contribution in [2.45, 2.75) is 109 Å². The molecule has 8 heteroatoms. The predicted molar refractivity (Wildman–Crippen MR) is 171 cm³/mol. The second-order valence-electron chi connectivity index (χ2n) is 14.6. The van der Waals surface area contributed by atoms with Gasteiger partial charge >= 0.3 is 5.97 Å². The number of imidazole rings is 1. The van der Waals surface area contributed by atoms with Gasteiger partial charge in [-0.25, -0.2) is 4.98 Å². The molecule has 4 saturated carbocycles. The number of benzene rings is 1. The first kappa shape index (κ1) is 30.8. The summed E-state index contributed by atoms with van der Waals surface area (Å²) < 4.78 is 6.44. The minimum absolute atomic E-state index is 0.0262. The average Bonchev–Trinajstić information content (AvgIpc) is 3.72. The van der Waals surface area contributed by atoms with Gasteiger partial charge in [0.25, 0.3) is 0 Å². The van der Waals surface area contributed by atoms with E-state index in [-0.39, 0.29) is 34.9 Å². The second-order valence-corrected chi connectivity index (χ2v) is 15.9. The van der Waals surface area contributed by atoms with Crippen molar-refractivity contribution in [3.05, 3.63) is 42.7 Å². The Kier molecular flexibility index (Phi) is 8.35. The SMILES string of the molecule is C=C[C@]1(C)C[C@@H](OC(=O)CSC2CCC(NCc3nc4ccccc4[nH]3)C2)[C@]2(C)[C@H](C)CCC3(CCC(=O)[C@H]32)[C@@H](C)[C@@H]1O. The van der Waals surface area contributed by atoms with Crippen LogP contribution in [0.1, 0.15) is 84.9 Å². The summed E-state index contributed by atoms with van der Waals surface area (Å²) in [5.41, 5.74) is 0.710. The number of aromatic nitrogens is 2. The minimum Gasteiger partial charge on any atom is -0.461 e. The molecule has 3 unspecified atom stereocenters. The number of ether oxygens (including phenoxy) is 1. The van der Waals surface area contributed by atoms with Crippen molar-refractivity contribution in [2.75, 3.05) is 5.75 Å². The van der Waals surface area contributed by atoms with Crippen molar-refractivity contribution in [3.8, 4) is 0 Å². The van der Waals surface area contributed by atoms with E-state index in [9.17, 15) is 14.7 Å². The van der Waals surface area contributed by atoms with E-state index < -0.39 is 23.0 Å². The Labute approximate surface area is 260 Å². The fraction of sp³-hybridized carbons (Fsp3) is 0.686. The summed E-state index contributed by atoms with van der Waals surface area (Å²) >= 11 is 1.69. The third kappa shape index (κ3) is 5.29. The molecule has 1 aromatic carbocycles. The van der Waals surface area contributed by atoms with Gasteiger partial charge in [-0.05, 0) is 74.3 Å². The number of nitrogens with one attached hydrogen (secondary N) is 2. The molecule has 43 heavy (non-hydrogen) atoms. The monoisotopic (exact) mass is 607 g/mol. The molecular formula is C35H49N3O4S. The molecule has 4 aliphatic carbocycles. The zero-order valence-corrected chi connectivity index (χ0v) is 27.1. The number of aromatic amines is 1. The van der Waals surface area contributed by atoms with Gasteiger partial charge in [-0.2, -0.15) is 0 Å². The number of fused-ring (bicyclic) bond motifs is 1. The number of esters is 1. The number of aliphatic hydroxyl groups is 1. The van der Waals surface area contributed by atoms with Gasteiger partial charge in [0.2, 0.25) is 0 Å². The van der Waals surface area contributed by atoms with E-state index in [0.717, 1.165) is 55.4 Å². The van der Waals surface area contributed by atoms with Crippen molar-refractivity contribution < 1.29 is 19.4 Å². The Hall–Kier alpha value is -2.16. The van der Waals surface area contributed by atoms with E-state index in [1.54, 1.807) is 11.8 Å². The van der Waals surface area contributed by atoms with E-state index in [1.165, 1.54) is 0 Å². The van der Waals surface area contributed by atoms with E-state index in [4.69, 9.17) is 4.74 Å². The molecule has 0 spiro atoms. The van der Waals surface area contributed by atoms with Crippen LogP contribution in [0.3, 0.4) is 0 Å². The van der Waals surface area contributed by atoms with Gasteiger partial charge in [-0.3, -0.25) is 9.59 Å². The number of Topliss-reactive ketones (excluding diaryl/α,β-unsaturated/α-hetero) is 1. The highest BCUT2D eigenvalue weighted by molar-refractivity contribution is 8.00. The Morgan fingerprint density at radius 2 is 2.02 bits per heavy atom. The first-order valence-corrected chi connectivity index (χ1v) is 17.4. The van der Waals surface area contributed by atoms with Crippen LogP contribution < -0.4 is 5.32 Å². The fourth-order valence-electron chi connectivity index (χ4n) is 9.49. The Morgan fingerprint density at radius 3 is 2.79 bits per heavy atom. The number of rotatable bonds is 8. The lowest BCUT2D eigenvalue weighted by Crippen LogP contribution is -2.63. The largest absolute Gasteiger partial charge is 0.461 e. The number of hydrogen-bond acceptors (Lipinski definition) is 7. The Bertz CT molecular complexity index is 1340. The van der Waals surface area contributed by atoms with Crippen molar-refractivity contribution in [2.24, 2.45) is 34.0 Å². The third-order valence-corrected chi connectivity index (χ3v) is 13.7. The zero-order valence-electron chi connectivity index (χ0n) is 26.2. The van der Waals surface area contributed by atoms with Crippen LogP contribution in [0, 0.1) is 34.0 Å². The standard InChI is InChI=1S/C35H49N3O4S/c1-6-33(4)18-28(34(5)21(2)13-15-35(22(3)32(33)41)16-14-27(39)31(34)35)42-30(40)20-43-24-12-11-23(17-24)36-19-29-37-25-9-7-8-10-26(25)38-29/h6-10,21-24,28,31-32,36,41H,1,11-20H2,2-5H3,(H,37,38)/t21-,22+,23?,24?,28-,31+,32+,33-,34+,35?/m1/s1. The molecule has 6 rings (SSSR count). The average molecular weight is 608 g/mol. The molecule has 7 nitrogen and oxygen atoms in total. The first-order chi connectivity index (χ1) is 20.5. The fourth-order valence-corrected chi connectivity index (χ4v) is 10.6. The molecule has 10 atom stereocenters. The quantitative estimate of drug-likeness (QED) is 0.242. The molecule has 0 aliphatic heterocycles. The normalized spacial score (nSPS) is 41.0. The predicted octanol–water partition coefficient (Wildman–Crippen LogP) is 6.21. The number of thioether (sulfide) groups is 1. The summed E-state index contributed by atoms with van der Waals surface area (Å²) in [7, 11) is 0. The minimum atomic E-state index is -0.644. The highest BCUT2D eigenvalue weighted by Gasteiger charge is 2.68. The molecular weight excluding hydrogens is 558 g/mol. The molecule has 0 radical (unpaired) electrons. The van der Waals surface area contributed by atoms with Crippen LogP contribution in [-0.2, 0) is 20.9 Å². The molecule has 0 amide bonds. The smallest absolute Gasteiger partial charge is 0.316 e. The summed E-state index contributed by atoms with van der Waals surface area (Å²) in [5.74, 6) is 1.35. The molecule has 4 fully saturated rings. The van der Waals surface area contributed by atoms with Gasteiger partial charge < -0.3 is 20.1 Å². The number of carbonyl (C=O) groups excluding carboxylic acids is 2. The maximum atomic E-state index is 13.6. The van der Waals surface area contributed by atoms with Gasteiger partial charge in [0.15, 0.2) is 0 Å². The number of H-pyrrole nitrogens is 1. The summed E-state index contributed by atoms with van der Waals surface area (Å²) in [5, 5.41) is 15.8. The lowest BCUT2D eigenvalue weighted by Gasteiger charge is -2.61. The van der Waals surface area contributed by atoms with E-state index >= 15 is 0 Å². The van der Waals surface area contributed by atoms with Gasteiger partial charge in [-0.1, -0.05) is 45.9 Å². The topological polar surface area (TPSA) is 104 Å².